The molecule has 1 aromatic carbocycles. The standard InChI is InChI=1S/C14H20N4O/c1-10-16-13(11-4-6-12(19)7-5-11)17-18(10)9-8-14(2,3)15/h4-7,19H,8-9,15H2,1-3H3. The molecular formula is C14H20N4O. The minimum atomic E-state index is -0.211. The molecule has 0 bridgehead atoms. The van der Waals surface area contributed by atoms with Crippen molar-refractivity contribution in [1.82, 2.24) is 14.8 Å². The van der Waals surface area contributed by atoms with Gasteiger partial charge in [0.15, 0.2) is 5.82 Å². The smallest absolute Gasteiger partial charge is 0.181 e. The van der Waals surface area contributed by atoms with E-state index in [9.17, 15) is 5.11 Å². The normalized spacial score (nSPS) is 11.8. The maximum atomic E-state index is 9.28. The van der Waals surface area contributed by atoms with Gasteiger partial charge in [-0.05, 0) is 51.5 Å². The number of phenols is 1. The van der Waals surface area contributed by atoms with Gasteiger partial charge in [0.2, 0.25) is 0 Å². The van der Waals surface area contributed by atoms with E-state index in [0.717, 1.165) is 24.4 Å². The van der Waals surface area contributed by atoms with Crippen LogP contribution in [0.5, 0.6) is 5.75 Å². The van der Waals surface area contributed by atoms with Gasteiger partial charge < -0.3 is 10.8 Å². The first-order valence-corrected chi connectivity index (χ1v) is 6.35. The summed E-state index contributed by atoms with van der Waals surface area (Å²) >= 11 is 0. The van der Waals surface area contributed by atoms with Crippen LogP contribution in [-0.2, 0) is 6.54 Å². The maximum Gasteiger partial charge on any atom is 0.181 e. The topological polar surface area (TPSA) is 77.0 Å². The van der Waals surface area contributed by atoms with E-state index in [0.29, 0.717) is 5.82 Å². The Hall–Kier alpha value is -1.88. The summed E-state index contributed by atoms with van der Waals surface area (Å²) in [5.74, 6) is 1.78. The van der Waals surface area contributed by atoms with E-state index in [2.05, 4.69) is 10.1 Å². The molecule has 1 aromatic heterocycles. The molecule has 0 atom stereocenters. The van der Waals surface area contributed by atoms with Crippen molar-refractivity contribution in [1.29, 1.82) is 0 Å². The van der Waals surface area contributed by atoms with Gasteiger partial charge in [0, 0.05) is 17.6 Å². The average molecular weight is 260 g/mol. The molecule has 2 aromatic rings. The Balaban J connectivity index is 2.19. The number of hydrogen-bond acceptors (Lipinski definition) is 4. The summed E-state index contributed by atoms with van der Waals surface area (Å²) < 4.78 is 1.87. The summed E-state index contributed by atoms with van der Waals surface area (Å²) in [6.07, 6.45) is 0.840. The number of rotatable bonds is 4. The van der Waals surface area contributed by atoms with Crippen molar-refractivity contribution in [3.05, 3.63) is 30.1 Å². The molecule has 0 aliphatic heterocycles. The maximum absolute atomic E-state index is 9.28. The number of aromatic nitrogens is 3. The van der Waals surface area contributed by atoms with Crippen molar-refractivity contribution in [3.8, 4) is 17.1 Å². The van der Waals surface area contributed by atoms with Gasteiger partial charge in [-0.15, -0.1) is 0 Å². The lowest BCUT2D eigenvalue weighted by atomic mass is 10.0. The second-order valence-corrected chi connectivity index (χ2v) is 5.49. The number of hydrogen-bond donors (Lipinski definition) is 2. The van der Waals surface area contributed by atoms with E-state index in [-0.39, 0.29) is 11.3 Å². The Kier molecular flexibility index (Phi) is 3.57. The highest BCUT2D eigenvalue weighted by Gasteiger charge is 2.13. The first kappa shape index (κ1) is 13.5. The highest BCUT2D eigenvalue weighted by atomic mass is 16.3. The van der Waals surface area contributed by atoms with Crippen molar-refractivity contribution in [2.24, 2.45) is 5.73 Å². The van der Waals surface area contributed by atoms with Gasteiger partial charge in [0.05, 0.1) is 0 Å². The average Bonchev–Trinajstić information content (AvgIpc) is 2.68. The second kappa shape index (κ2) is 5.01. The molecule has 0 aliphatic rings. The van der Waals surface area contributed by atoms with E-state index in [1.807, 2.05) is 25.5 Å². The second-order valence-electron chi connectivity index (χ2n) is 5.49. The molecule has 0 aliphatic carbocycles. The molecule has 0 saturated carbocycles. The lowest BCUT2D eigenvalue weighted by Gasteiger charge is -2.17. The molecule has 0 spiro atoms. The molecular weight excluding hydrogens is 240 g/mol. The van der Waals surface area contributed by atoms with Crippen molar-refractivity contribution in [2.45, 2.75) is 39.3 Å². The minimum absolute atomic E-state index is 0.211. The van der Waals surface area contributed by atoms with Crippen LogP contribution in [0.4, 0.5) is 0 Å². The zero-order chi connectivity index (χ0) is 14.0. The summed E-state index contributed by atoms with van der Waals surface area (Å²) in [6, 6.07) is 6.88. The molecule has 0 saturated heterocycles. The van der Waals surface area contributed by atoms with Crippen molar-refractivity contribution in [3.63, 3.8) is 0 Å². The Morgan fingerprint density at radius 3 is 2.47 bits per heavy atom. The number of aromatic hydroxyl groups is 1. The van der Waals surface area contributed by atoms with E-state index in [1.165, 1.54) is 0 Å². The predicted octanol–water partition coefficient (Wildman–Crippen LogP) is 2.09. The summed E-state index contributed by atoms with van der Waals surface area (Å²) in [5.41, 5.74) is 6.66. The number of aryl methyl sites for hydroxylation is 2. The minimum Gasteiger partial charge on any atom is -0.508 e. The van der Waals surface area contributed by atoms with Gasteiger partial charge in [-0.2, -0.15) is 5.10 Å². The Bertz CT molecular complexity index is 552. The summed E-state index contributed by atoms with van der Waals surface area (Å²) in [4.78, 5) is 4.44. The number of nitrogens with zero attached hydrogens (tertiary/aromatic N) is 3. The van der Waals surface area contributed by atoms with Crippen LogP contribution in [0.15, 0.2) is 24.3 Å². The Morgan fingerprint density at radius 1 is 1.26 bits per heavy atom. The summed E-state index contributed by atoms with van der Waals surface area (Å²) in [7, 11) is 0. The van der Waals surface area contributed by atoms with Crippen LogP contribution in [0.1, 0.15) is 26.1 Å². The summed E-state index contributed by atoms with van der Waals surface area (Å²) in [6.45, 7) is 6.68. The van der Waals surface area contributed by atoms with Crippen molar-refractivity contribution in [2.75, 3.05) is 0 Å². The van der Waals surface area contributed by atoms with Crippen LogP contribution >= 0.6 is 0 Å². The van der Waals surface area contributed by atoms with E-state index < -0.39 is 0 Å². The molecule has 5 nitrogen and oxygen atoms in total. The van der Waals surface area contributed by atoms with Crippen LogP contribution in [0.2, 0.25) is 0 Å². The molecule has 2 rings (SSSR count). The van der Waals surface area contributed by atoms with Crippen molar-refractivity contribution >= 4 is 0 Å². The van der Waals surface area contributed by atoms with Gasteiger partial charge >= 0.3 is 0 Å². The first-order chi connectivity index (χ1) is 8.85. The Labute approximate surface area is 113 Å². The van der Waals surface area contributed by atoms with Crippen LogP contribution < -0.4 is 5.73 Å². The molecule has 1 heterocycles. The van der Waals surface area contributed by atoms with E-state index in [4.69, 9.17) is 5.73 Å². The van der Waals surface area contributed by atoms with Gasteiger partial charge in [-0.3, -0.25) is 0 Å². The van der Waals surface area contributed by atoms with Crippen LogP contribution in [0.3, 0.4) is 0 Å². The zero-order valence-corrected chi connectivity index (χ0v) is 11.6. The van der Waals surface area contributed by atoms with Gasteiger partial charge in [-0.1, -0.05) is 0 Å². The molecule has 0 unspecified atom stereocenters. The third-order valence-corrected chi connectivity index (χ3v) is 2.95. The first-order valence-electron chi connectivity index (χ1n) is 6.35. The van der Waals surface area contributed by atoms with Crippen molar-refractivity contribution < 1.29 is 5.11 Å². The number of benzene rings is 1. The molecule has 19 heavy (non-hydrogen) atoms. The molecule has 3 N–H and O–H groups in total. The molecule has 102 valence electrons. The molecule has 0 radical (unpaired) electrons. The van der Waals surface area contributed by atoms with E-state index >= 15 is 0 Å². The highest BCUT2D eigenvalue weighted by Crippen LogP contribution is 2.19. The zero-order valence-electron chi connectivity index (χ0n) is 11.6. The lowest BCUT2D eigenvalue weighted by molar-refractivity contribution is 0.416. The molecule has 5 heteroatoms. The predicted molar refractivity (Wildman–Crippen MR) is 74.7 cm³/mol. The molecule has 0 amide bonds. The SMILES string of the molecule is Cc1nc(-c2ccc(O)cc2)nn1CCC(C)(C)N. The lowest BCUT2D eigenvalue weighted by Crippen LogP contribution is -2.33. The van der Waals surface area contributed by atoms with Crippen LogP contribution in [0.25, 0.3) is 11.4 Å². The fraction of sp³-hybridized carbons (Fsp3) is 0.429. The van der Waals surface area contributed by atoms with Crippen LogP contribution in [0, 0.1) is 6.92 Å². The number of nitrogens with two attached hydrogens (primary N) is 1. The quantitative estimate of drug-likeness (QED) is 0.882. The fourth-order valence-corrected chi connectivity index (χ4v) is 1.76. The molecule has 0 fully saturated rings. The Morgan fingerprint density at radius 2 is 1.89 bits per heavy atom. The third-order valence-electron chi connectivity index (χ3n) is 2.95. The summed E-state index contributed by atoms with van der Waals surface area (Å²) in [5, 5.41) is 13.8. The van der Waals surface area contributed by atoms with Crippen LogP contribution in [-0.4, -0.2) is 25.4 Å². The van der Waals surface area contributed by atoms with E-state index in [1.54, 1.807) is 24.3 Å². The monoisotopic (exact) mass is 260 g/mol. The fourth-order valence-electron chi connectivity index (χ4n) is 1.76. The number of phenolic OH excluding ortho intramolecular Hbond substituents is 1. The van der Waals surface area contributed by atoms with Gasteiger partial charge in [0.25, 0.3) is 0 Å². The highest BCUT2D eigenvalue weighted by molar-refractivity contribution is 5.55. The van der Waals surface area contributed by atoms with Gasteiger partial charge in [-0.25, -0.2) is 9.67 Å². The third kappa shape index (κ3) is 3.54. The largest absolute Gasteiger partial charge is 0.508 e. The van der Waals surface area contributed by atoms with Gasteiger partial charge in [0.1, 0.15) is 11.6 Å².